The topological polar surface area (TPSA) is 62.2 Å². The first-order valence-corrected chi connectivity index (χ1v) is 6.77. The first-order valence-electron chi connectivity index (χ1n) is 5.20. The number of ether oxygens (including phenoxy) is 2. The number of nitrogens with zero attached hydrogens (tertiary/aromatic N) is 2. The van der Waals surface area contributed by atoms with E-state index in [1.54, 1.807) is 9.34 Å². The van der Waals surface area contributed by atoms with Crippen LogP contribution in [0.25, 0.3) is 0 Å². The van der Waals surface area contributed by atoms with E-state index in [9.17, 15) is 9.46 Å². The Morgan fingerprint density at radius 3 is 1.50 bits per heavy atom. The first-order chi connectivity index (χ1) is 7.21. The van der Waals surface area contributed by atoms with Crippen LogP contribution in [-0.4, -0.2) is 66.8 Å². The van der Waals surface area contributed by atoms with Crippen LogP contribution in [0.5, 0.6) is 0 Å². The fraction of sp³-hybridized carbons (Fsp3) is 1.00. The van der Waals surface area contributed by atoms with Gasteiger partial charge in [0, 0.05) is 26.2 Å². The lowest BCUT2D eigenvalue weighted by molar-refractivity contribution is 0.0434. The summed E-state index contributed by atoms with van der Waals surface area (Å²) in [4.78, 5) is 10.1. The molecule has 0 unspecified atom stereocenters. The molecule has 6 nitrogen and oxygen atoms in total. The van der Waals surface area contributed by atoms with Crippen LogP contribution in [0.15, 0.2) is 0 Å². The molecule has 0 atom stereocenters. The predicted molar refractivity (Wildman–Crippen MR) is 61.9 cm³/mol. The molecule has 0 saturated carbocycles. The van der Waals surface area contributed by atoms with Crippen LogP contribution in [0.3, 0.4) is 0 Å². The summed E-state index contributed by atoms with van der Waals surface area (Å²) in [5, 5.41) is 0. The number of hydrogen-bond acceptors (Lipinski definition) is 3. The molecule has 0 bridgehead atoms. The van der Waals surface area contributed by atoms with Crippen molar-refractivity contribution in [3.05, 3.63) is 0 Å². The summed E-state index contributed by atoms with van der Waals surface area (Å²) in [6, 6.07) is 0. The van der Waals surface area contributed by atoms with Crippen molar-refractivity contribution < 1.29 is 18.9 Å². The second-order valence-electron chi connectivity index (χ2n) is 3.65. The molecule has 0 aromatic rings. The lowest BCUT2D eigenvalue weighted by atomic mass is 10.5. The molecule has 2 heterocycles. The van der Waals surface area contributed by atoms with Gasteiger partial charge >= 0.3 is 7.67 Å². The molecule has 0 radical (unpaired) electrons. The van der Waals surface area contributed by atoms with E-state index in [4.69, 9.17) is 9.47 Å². The van der Waals surface area contributed by atoms with Crippen LogP contribution in [0.2, 0.25) is 0 Å². The third-order valence-corrected chi connectivity index (χ3v) is 4.99. The van der Waals surface area contributed by atoms with Crippen molar-refractivity contribution >= 4 is 20.1 Å². The molecule has 1 N–H and O–H groups in total. The number of halogens is 1. The van der Waals surface area contributed by atoms with Gasteiger partial charge in [-0.3, -0.25) is 4.57 Å². The van der Waals surface area contributed by atoms with E-state index in [1.807, 2.05) is 0 Å². The Labute approximate surface area is 101 Å². The Bertz CT molecular complexity index is 234. The average Bonchev–Trinajstić information content (AvgIpc) is 2.31. The SMILES string of the molecule is Cl.O=P(O)(N1CCOCC1)N1CCOCC1. The maximum atomic E-state index is 12.2. The molecule has 8 heteroatoms. The van der Waals surface area contributed by atoms with Gasteiger partial charge in [-0.05, 0) is 0 Å². The Morgan fingerprint density at radius 2 is 1.19 bits per heavy atom. The molecule has 0 aromatic heterocycles. The van der Waals surface area contributed by atoms with Crippen molar-refractivity contribution in [3.8, 4) is 0 Å². The van der Waals surface area contributed by atoms with Crippen molar-refractivity contribution in [1.82, 2.24) is 9.34 Å². The van der Waals surface area contributed by atoms with E-state index >= 15 is 0 Å². The van der Waals surface area contributed by atoms with Gasteiger partial charge in [-0.1, -0.05) is 0 Å². The van der Waals surface area contributed by atoms with Gasteiger partial charge in [0.2, 0.25) is 0 Å². The van der Waals surface area contributed by atoms with Gasteiger partial charge in [0.25, 0.3) is 0 Å². The second-order valence-corrected chi connectivity index (χ2v) is 5.80. The fourth-order valence-electron chi connectivity index (χ4n) is 1.81. The molecule has 0 aliphatic carbocycles. The van der Waals surface area contributed by atoms with Crippen molar-refractivity contribution in [2.45, 2.75) is 0 Å². The normalized spacial score (nSPS) is 25.1. The number of morpholine rings is 2. The minimum absolute atomic E-state index is 0. The van der Waals surface area contributed by atoms with E-state index in [2.05, 4.69) is 0 Å². The summed E-state index contributed by atoms with van der Waals surface area (Å²) in [5.74, 6) is 0. The highest BCUT2D eigenvalue weighted by atomic mass is 35.5. The van der Waals surface area contributed by atoms with Crippen molar-refractivity contribution in [2.24, 2.45) is 0 Å². The molecule has 0 spiro atoms. The molecule has 2 saturated heterocycles. The van der Waals surface area contributed by atoms with Gasteiger partial charge in [-0.25, -0.2) is 9.34 Å². The van der Waals surface area contributed by atoms with Gasteiger partial charge in [0.15, 0.2) is 0 Å². The van der Waals surface area contributed by atoms with Crippen LogP contribution < -0.4 is 0 Å². The van der Waals surface area contributed by atoms with Crippen molar-refractivity contribution in [3.63, 3.8) is 0 Å². The maximum Gasteiger partial charge on any atom is 0.343 e. The van der Waals surface area contributed by atoms with Crippen LogP contribution in [0.4, 0.5) is 0 Å². The highest BCUT2D eigenvalue weighted by Gasteiger charge is 2.36. The number of rotatable bonds is 2. The summed E-state index contributed by atoms with van der Waals surface area (Å²) in [7, 11) is -3.34. The van der Waals surface area contributed by atoms with E-state index in [0.29, 0.717) is 52.6 Å². The van der Waals surface area contributed by atoms with Gasteiger partial charge in [-0.15, -0.1) is 12.4 Å². The van der Waals surface area contributed by atoms with Crippen molar-refractivity contribution in [2.75, 3.05) is 52.6 Å². The maximum absolute atomic E-state index is 12.2. The minimum Gasteiger partial charge on any atom is -0.379 e. The summed E-state index contributed by atoms with van der Waals surface area (Å²) < 4.78 is 25.8. The van der Waals surface area contributed by atoms with Crippen LogP contribution >= 0.6 is 20.1 Å². The van der Waals surface area contributed by atoms with Crippen LogP contribution in [0, 0.1) is 0 Å². The molecule has 96 valence electrons. The molecular weight excluding hydrogens is 255 g/mol. The quantitative estimate of drug-likeness (QED) is 0.723. The second kappa shape index (κ2) is 6.31. The summed E-state index contributed by atoms with van der Waals surface area (Å²) >= 11 is 0. The Hall–Kier alpha value is 0.320. The van der Waals surface area contributed by atoms with Crippen LogP contribution in [-0.2, 0) is 14.0 Å². The molecule has 2 fully saturated rings. The average molecular weight is 273 g/mol. The van der Waals surface area contributed by atoms with E-state index < -0.39 is 7.67 Å². The molecule has 2 aliphatic heterocycles. The molecule has 2 rings (SSSR count). The minimum atomic E-state index is -3.34. The Morgan fingerprint density at radius 1 is 0.875 bits per heavy atom. The lowest BCUT2D eigenvalue weighted by Crippen LogP contribution is -2.42. The Kier molecular flexibility index (Phi) is 5.67. The van der Waals surface area contributed by atoms with E-state index in [1.165, 1.54) is 0 Å². The standard InChI is InChI=1S/C8H17N2O4P.ClH/c11-15(12,9-1-5-13-6-2-9)10-3-7-14-8-4-10;/h1-8H2,(H,11,12);1H. The predicted octanol–water partition coefficient (Wildman–Crippen LogP) is 0.173. The summed E-state index contributed by atoms with van der Waals surface area (Å²) in [6.07, 6.45) is 0. The number of hydrogen-bond donors (Lipinski definition) is 1. The van der Waals surface area contributed by atoms with Gasteiger partial charge in [0.05, 0.1) is 26.4 Å². The van der Waals surface area contributed by atoms with Gasteiger partial charge < -0.3 is 14.4 Å². The zero-order valence-electron chi connectivity index (χ0n) is 9.08. The Balaban J connectivity index is 0.00000128. The molecule has 0 amide bonds. The largest absolute Gasteiger partial charge is 0.379 e. The third-order valence-electron chi connectivity index (χ3n) is 2.71. The molecular formula is C8H18ClN2O4P. The van der Waals surface area contributed by atoms with Gasteiger partial charge in [0.1, 0.15) is 0 Å². The third kappa shape index (κ3) is 3.17. The summed E-state index contributed by atoms with van der Waals surface area (Å²) in [6.45, 7) is 4.28. The fourth-order valence-corrected chi connectivity index (χ4v) is 3.53. The van der Waals surface area contributed by atoms with E-state index in [-0.39, 0.29) is 12.4 Å². The summed E-state index contributed by atoms with van der Waals surface area (Å²) in [5.41, 5.74) is 0. The molecule has 2 aliphatic rings. The zero-order chi connectivity index (χ0) is 10.7. The highest BCUT2D eigenvalue weighted by Crippen LogP contribution is 2.49. The first kappa shape index (κ1) is 14.4. The molecule has 0 aromatic carbocycles. The van der Waals surface area contributed by atoms with Gasteiger partial charge in [-0.2, -0.15) is 0 Å². The smallest absolute Gasteiger partial charge is 0.343 e. The lowest BCUT2D eigenvalue weighted by Gasteiger charge is -2.38. The zero-order valence-corrected chi connectivity index (χ0v) is 10.8. The van der Waals surface area contributed by atoms with Crippen molar-refractivity contribution in [1.29, 1.82) is 0 Å². The van der Waals surface area contributed by atoms with Crippen LogP contribution in [0.1, 0.15) is 0 Å². The monoisotopic (exact) mass is 272 g/mol. The van der Waals surface area contributed by atoms with E-state index in [0.717, 1.165) is 0 Å². The highest BCUT2D eigenvalue weighted by molar-refractivity contribution is 7.52. The molecule has 16 heavy (non-hydrogen) atoms.